The maximum atomic E-state index is 9.65. The van der Waals surface area contributed by atoms with Crippen molar-refractivity contribution >= 4 is 34.7 Å². The molecule has 0 spiro atoms. The van der Waals surface area contributed by atoms with E-state index in [-0.39, 0.29) is 6.10 Å². The number of thiocarbonyl (C=S) groups is 1. The van der Waals surface area contributed by atoms with Gasteiger partial charge in [0.05, 0.1) is 6.10 Å². The van der Waals surface area contributed by atoms with Crippen molar-refractivity contribution in [2.24, 2.45) is 5.73 Å². The second-order valence-corrected chi connectivity index (χ2v) is 6.08. The topological polar surface area (TPSA) is 49.5 Å². The van der Waals surface area contributed by atoms with E-state index in [1.807, 2.05) is 12.1 Å². The molecule has 5 heteroatoms. The molecular formula is C13H18N2OS2. The summed E-state index contributed by atoms with van der Waals surface area (Å²) in [5.74, 6) is 0.988. The Morgan fingerprint density at radius 3 is 2.94 bits per heavy atom. The van der Waals surface area contributed by atoms with Crippen molar-refractivity contribution in [3.05, 3.63) is 23.8 Å². The molecule has 1 heterocycles. The summed E-state index contributed by atoms with van der Waals surface area (Å²) in [5, 5.41) is 9.65. The van der Waals surface area contributed by atoms with Crippen LogP contribution in [0.5, 0.6) is 0 Å². The van der Waals surface area contributed by atoms with Gasteiger partial charge in [0.2, 0.25) is 0 Å². The van der Waals surface area contributed by atoms with Gasteiger partial charge >= 0.3 is 0 Å². The summed E-state index contributed by atoms with van der Waals surface area (Å²) in [6.07, 6.45) is 0.564. The number of aliphatic hydroxyl groups is 1. The summed E-state index contributed by atoms with van der Waals surface area (Å²) in [6.45, 7) is 3.63. The number of hydrogen-bond acceptors (Lipinski definition) is 4. The number of nitrogens with two attached hydrogens (primary N) is 1. The smallest absolute Gasteiger partial charge is 0.107 e. The van der Waals surface area contributed by atoms with E-state index < -0.39 is 0 Å². The van der Waals surface area contributed by atoms with Crippen LogP contribution in [0.1, 0.15) is 18.9 Å². The Balaban J connectivity index is 2.39. The zero-order chi connectivity index (χ0) is 13.1. The van der Waals surface area contributed by atoms with Gasteiger partial charge in [0, 0.05) is 29.2 Å². The van der Waals surface area contributed by atoms with Crippen LogP contribution < -0.4 is 10.6 Å². The molecule has 0 radical (unpaired) electrons. The van der Waals surface area contributed by atoms with Crippen LogP contribution in [-0.2, 0) is 0 Å². The quantitative estimate of drug-likeness (QED) is 0.653. The van der Waals surface area contributed by atoms with Crippen LogP contribution in [0.25, 0.3) is 0 Å². The molecule has 1 fully saturated rings. The number of nitrogens with zero attached hydrogens (tertiary/aromatic N) is 1. The van der Waals surface area contributed by atoms with E-state index >= 15 is 0 Å². The number of aliphatic hydroxyl groups excluding tert-OH is 1. The van der Waals surface area contributed by atoms with E-state index in [9.17, 15) is 5.11 Å². The zero-order valence-corrected chi connectivity index (χ0v) is 12.1. The average Bonchev–Trinajstić information content (AvgIpc) is 2.75. The number of β-amino-alcohol motifs (C(OH)–C–C–N with tert-alkyl or cyclic N) is 1. The largest absolute Gasteiger partial charge is 0.391 e. The van der Waals surface area contributed by atoms with Gasteiger partial charge in [0.25, 0.3) is 0 Å². The van der Waals surface area contributed by atoms with Crippen molar-refractivity contribution in [2.45, 2.75) is 24.3 Å². The van der Waals surface area contributed by atoms with Crippen LogP contribution in [0.2, 0.25) is 0 Å². The lowest BCUT2D eigenvalue weighted by atomic mass is 10.1. The van der Waals surface area contributed by atoms with Crippen molar-refractivity contribution in [1.29, 1.82) is 0 Å². The minimum atomic E-state index is -0.244. The summed E-state index contributed by atoms with van der Waals surface area (Å²) in [6, 6.07) is 6.12. The molecule has 1 aromatic carbocycles. The van der Waals surface area contributed by atoms with Crippen molar-refractivity contribution in [3.8, 4) is 0 Å². The fourth-order valence-electron chi connectivity index (χ4n) is 2.27. The highest BCUT2D eigenvalue weighted by molar-refractivity contribution is 7.99. The molecule has 1 unspecified atom stereocenters. The molecule has 0 saturated carbocycles. The molecule has 1 aliphatic rings. The molecule has 0 amide bonds. The van der Waals surface area contributed by atoms with E-state index in [4.69, 9.17) is 18.0 Å². The molecule has 18 heavy (non-hydrogen) atoms. The monoisotopic (exact) mass is 282 g/mol. The van der Waals surface area contributed by atoms with Gasteiger partial charge in [-0.05, 0) is 24.3 Å². The molecule has 0 aromatic heterocycles. The van der Waals surface area contributed by atoms with Crippen LogP contribution >= 0.6 is 24.0 Å². The summed E-state index contributed by atoms with van der Waals surface area (Å²) >= 11 is 6.94. The van der Waals surface area contributed by atoms with Gasteiger partial charge in [-0.15, -0.1) is 11.8 Å². The van der Waals surface area contributed by atoms with Gasteiger partial charge in [0.15, 0.2) is 0 Å². The molecule has 1 aromatic rings. The second kappa shape index (κ2) is 5.91. The molecule has 1 aliphatic heterocycles. The number of rotatable bonds is 4. The predicted octanol–water partition coefficient (Wildman–Crippen LogP) is 2.00. The Bertz CT molecular complexity index is 451. The molecule has 1 saturated heterocycles. The van der Waals surface area contributed by atoms with Crippen molar-refractivity contribution < 1.29 is 5.11 Å². The molecule has 3 nitrogen and oxygen atoms in total. The Kier molecular flexibility index (Phi) is 4.48. The van der Waals surface area contributed by atoms with E-state index in [1.165, 1.54) is 0 Å². The number of thioether (sulfide) groups is 1. The third-order valence-corrected chi connectivity index (χ3v) is 4.20. The van der Waals surface area contributed by atoms with E-state index in [1.54, 1.807) is 11.8 Å². The highest BCUT2D eigenvalue weighted by Gasteiger charge is 2.24. The number of benzene rings is 1. The molecular weight excluding hydrogens is 264 g/mol. The van der Waals surface area contributed by atoms with E-state index in [0.717, 1.165) is 34.9 Å². The number of hydrogen-bond donors (Lipinski definition) is 2. The molecule has 3 N–H and O–H groups in total. The maximum absolute atomic E-state index is 9.65. The average molecular weight is 282 g/mol. The molecule has 2 rings (SSSR count). The molecule has 1 atom stereocenters. The van der Waals surface area contributed by atoms with Gasteiger partial charge in [-0.1, -0.05) is 25.2 Å². The minimum Gasteiger partial charge on any atom is -0.391 e. The Morgan fingerprint density at radius 1 is 1.61 bits per heavy atom. The zero-order valence-electron chi connectivity index (χ0n) is 10.4. The molecule has 0 bridgehead atoms. The number of anilines is 1. The first kappa shape index (κ1) is 13.6. The SMILES string of the molecule is CCSc1cccc(N2CCC(O)C2)c1C(N)=S. The third kappa shape index (κ3) is 2.79. The predicted molar refractivity (Wildman–Crippen MR) is 81.6 cm³/mol. The van der Waals surface area contributed by atoms with Gasteiger partial charge in [0.1, 0.15) is 4.99 Å². The van der Waals surface area contributed by atoms with Crippen LogP contribution in [0.4, 0.5) is 5.69 Å². The first-order chi connectivity index (χ1) is 8.63. The lowest BCUT2D eigenvalue weighted by Crippen LogP contribution is -2.25. The van der Waals surface area contributed by atoms with Crippen molar-refractivity contribution in [3.63, 3.8) is 0 Å². The van der Waals surface area contributed by atoms with Gasteiger partial charge in [-0.25, -0.2) is 0 Å². The fraction of sp³-hybridized carbons (Fsp3) is 0.462. The standard InChI is InChI=1S/C13H18N2OS2/c1-2-18-11-5-3-4-10(12(11)13(14)17)15-7-6-9(16)8-15/h3-5,9,16H,2,6-8H2,1H3,(H2,14,17). The first-order valence-electron chi connectivity index (χ1n) is 6.12. The normalized spacial score (nSPS) is 19.2. The van der Waals surface area contributed by atoms with Crippen LogP contribution in [0.15, 0.2) is 23.1 Å². The Labute approximate surface area is 117 Å². The summed E-state index contributed by atoms with van der Waals surface area (Å²) < 4.78 is 0. The maximum Gasteiger partial charge on any atom is 0.107 e. The van der Waals surface area contributed by atoms with Crippen molar-refractivity contribution in [2.75, 3.05) is 23.7 Å². The fourth-order valence-corrected chi connectivity index (χ4v) is 3.39. The van der Waals surface area contributed by atoms with Crippen LogP contribution in [0, 0.1) is 0 Å². The molecule has 98 valence electrons. The third-order valence-electron chi connectivity index (χ3n) is 3.05. The Morgan fingerprint density at radius 2 is 2.39 bits per heavy atom. The van der Waals surface area contributed by atoms with Gasteiger partial charge in [-0.3, -0.25) is 0 Å². The highest BCUT2D eigenvalue weighted by Crippen LogP contribution is 2.32. The second-order valence-electron chi connectivity index (χ2n) is 4.34. The Hall–Kier alpha value is -0.780. The summed E-state index contributed by atoms with van der Waals surface area (Å²) in [7, 11) is 0. The first-order valence-corrected chi connectivity index (χ1v) is 7.51. The summed E-state index contributed by atoms with van der Waals surface area (Å²) in [4.78, 5) is 3.73. The van der Waals surface area contributed by atoms with Crippen molar-refractivity contribution in [1.82, 2.24) is 0 Å². The van der Waals surface area contributed by atoms with E-state index in [0.29, 0.717) is 11.5 Å². The van der Waals surface area contributed by atoms with E-state index in [2.05, 4.69) is 17.9 Å². The van der Waals surface area contributed by atoms with Crippen LogP contribution in [-0.4, -0.2) is 35.0 Å². The lowest BCUT2D eigenvalue weighted by molar-refractivity contribution is 0.198. The minimum absolute atomic E-state index is 0.244. The molecule has 0 aliphatic carbocycles. The lowest BCUT2D eigenvalue weighted by Gasteiger charge is -2.22. The van der Waals surface area contributed by atoms with Gasteiger partial charge in [-0.2, -0.15) is 0 Å². The highest BCUT2D eigenvalue weighted by atomic mass is 32.2. The van der Waals surface area contributed by atoms with Crippen LogP contribution in [0.3, 0.4) is 0 Å². The summed E-state index contributed by atoms with van der Waals surface area (Å²) in [5.41, 5.74) is 7.88. The van der Waals surface area contributed by atoms with Gasteiger partial charge < -0.3 is 15.7 Å².